The fourth-order valence-electron chi connectivity index (χ4n) is 3.87. The van der Waals surface area contributed by atoms with Gasteiger partial charge in [-0.1, -0.05) is 13.8 Å². The summed E-state index contributed by atoms with van der Waals surface area (Å²) >= 11 is 0. The number of morpholine rings is 1. The van der Waals surface area contributed by atoms with Gasteiger partial charge in [0.05, 0.1) is 31.6 Å². The average Bonchev–Trinajstić information content (AvgIpc) is 2.99. The van der Waals surface area contributed by atoms with Gasteiger partial charge >= 0.3 is 0 Å². The van der Waals surface area contributed by atoms with Gasteiger partial charge in [-0.3, -0.25) is 9.48 Å². The van der Waals surface area contributed by atoms with Crippen molar-refractivity contribution >= 4 is 5.91 Å². The van der Waals surface area contributed by atoms with E-state index in [1.54, 1.807) is 0 Å². The van der Waals surface area contributed by atoms with Gasteiger partial charge in [0.25, 0.3) is 0 Å². The van der Waals surface area contributed by atoms with Gasteiger partial charge in [0.1, 0.15) is 5.54 Å². The Labute approximate surface area is 149 Å². The molecule has 1 saturated heterocycles. The highest BCUT2D eigenvalue weighted by atomic mass is 16.5. The molecule has 0 bridgehead atoms. The van der Waals surface area contributed by atoms with Crippen LogP contribution in [0, 0.1) is 12.3 Å². The van der Waals surface area contributed by atoms with Crippen molar-refractivity contribution in [2.45, 2.75) is 58.4 Å². The molecule has 0 spiro atoms. The molecular weight excluding hydrogens is 320 g/mol. The standard InChI is InChI=1S/C18H30N4O3/c1-5-24-15-8-18(19,17(15,3)4)16(23)21-6-7-25-14(11-21)12-22-10-13(2)9-20-22/h9-10,14-15H,5-8,11-12,19H2,1-4H3. The van der Waals surface area contributed by atoms with Crippen LogP contribution in [0.5, 0.6) is 0 Å². The van der Waals surface area contributed by atoms with Crippen LogP contribution in [0.3, 0.4) is 0 Å². The number of carbonyl (C=O) groups is 1. The zero-order valence-corrected chi connectivity index (χ0v) is 15.7. The van der Waals surface area contributed by atoms with Crippen LogP contribution in [-0.2, 0) is 20.8 Å². The second kappa shape index (κ2) is 6.70. The number of aromatic nitrogens is 2. The summed E-state index contributed by atoms with van der Waals surface area (Å²) in [7, 11) is 0. The van der Waals surface area contributed by atoms with Crippen LogP contribution in [0.25, 0.3) is 0 Å². The third-order valence-electron chi connectivity index (χ3n) is 5.79. The predicted octanol–water partition coefficient (Wildman–Crippen LogP) is 0.951. The maximum atomic E-state index is 13.1. The molecule has 2 fully saturated rings. The molecular formula is C18H30N4O3. The third-order valence-corrected chi connectivity index (χ3v) is 5.79. The number of amides is 1. The number of rotatable bonds is 5. The number of hydrogen-bond donors (Lipinski definition) is 1. The Morgan fingerprint density at radius 3 is 2.88 bits per heavy atom. The smallest absolute Gasteiger partial charge is 0.243 e. The van der Waals surface area contributed by atoms with Crippen LogP contribution >= 0.6 is 0 Å². The topological polar surface area (TPSA) is 82.6 Å². The lowest BCUT2D eigenvalue weighted by Gasteiger charge is -2.59. The van der Waals surface area contributed by atoms with E-state index in [1.165, 1.54) is 0 Å². The van der Waals surface area contributed by atoms with Gasteiger partial charge in [0.2, 0.25) is 5.91 Å². The molecule has 3 atom stereocenters. The van der Waals surface area contributed by atoms with Crippen LogP contribution in [-0.4, -0.2) is 64.6 Å². The zero-order chi connectivity index (χ0) is 18.2. The first kappa shape index (κ1) is 18.4. The van der Waals surface area contributed by atoms with E-state index >= 15 is 0 Å². The molecule has 1 aromatic rings. The number of nitrogens with zero attached hydrogens (tertiary/aromatic N) is 3. The SMILES string of the molecule is CCOC1CC(N)(C(=O)N2CCOC(Cn3cc(C)cn3)C2)C1(C)C. The quantitative estimate of drug-likeness (QED) is 0.855. The molecule has 1 aliphatic heterocycles. The summed E-state index contributed by atoms with van der Waals surface area (Å²) in [5, 5.41) is 4.30. The normalized spacial score (nSPS) is 31.6. The second-order valence-corrected chi connectivity index (χ2v) is 7.82. The number of carbonyl (C=O) groups excluding carboxylic acids is 1. The van der Waals surface area contributed by atoms with Gasteiger partial charge in [-0.2, -0.15) is 5.10 Å². The highest BCUT2D eigenvalue weighted by Crippen LogP contribution is 2.50. The molecule has 1 amide bonds. The van der Waals surface area contributed by atoms with Crippen molar-refractivity contribution in [1.29, 1.82) is 0 Å². The molecule has 1 saturated carbocycles. The van der Waals surface area contributed by atoms with Gasteiger partial charge < -0.3 is 20.1 Å². The largest absolute Gasteiger partial charge is 0.378 e. The molecule has 3 rings (SSSR count). The van der Waals surface area contributed by atoms with Crippen molar-refractivity contribution in [3.63, 3.8) is 0 Å². The lowest BCUT2D eigenvalue weighted by Crippen LogP contribution is -2.76. The number of ether oxygens (including phenoxy) is 2. The second-order valence-electron chi connectivity index (χ2n) is 7.82. The Morgan fingerprint density at radius 2 is 2.28 bits per heavy atom. The first-order chi connectivity index (χ1) is 11.8. The van der Waals surface area contributed by atoms with E-state index in [2.05, 4.69) is 5.10 Å². The van der Waals surface area contributed by atoms with E-state index < -0.39 is 5.54 Å². The van der Waals surface area contributed by atoms with Crippen molar-refractivity contribution in [2.24, 2.45) is 11.1 Å². The Morgan fingerprint density at radius 1 is 1.52 bits per heavy atom. The molecule has 0 radical (unpaired) electrons. The van der Waals surface area contributed by atoms with Gasteiger partial charge in [-0.25, -0.2) is 0 Å². The minimum atomic E-state index is -0.864. The van der Waals surface area contributed by atoms with Crippen molar-refractivity contribution in [2.75, 3.05) is 26.3 Å². The zero-order valence-electron chi connectivity index (χ0n) is 15.7. The molecule has 2 aliphatic rings. The van der Waals surface area contributed by atoms with Gasteiger partial charge in [0, 0.05) is 37.7 Å². The summed E-state index contributed by atoms with van der Waals surface area (Å²) in [5.74, 6) is 0.0124. The Balaban J connectivity index is 1.64. The maximum Gasteiger partial charge on any atom is 0.243 e. The third kappa shape index (κ3) is 3.20. The fraction of sp³-hybridized carbons (Fsp3) is 0.778. The highest BCUT2D eigenvalue weighted by Gasteiger charge is 2.63. The lowest BCUT2D eigenvalue weighted by molar-refractivity contribution is -0.184. The van der Waals surface area contributed by atoms with Crippen LogP contribution < -0.4 is 5.73 Å². The predicted molar refractivity (Wildman–Crippen MR) is 94.0 cm³/mol. The fourth-order valence-corrected chi connectivity index (χ4v) is 3.87. The number of hydrogen-bond acceptors (Lipinski definition) is 5. The van der Waals surface area contributed by atoms with Crippen LogP contribution in [0.15, 0.2) is 12.4 Å². The van der Waals surface area contributed by atoms with Crippen molar-refractivity contribution in [1.82, 2.24) is 14.7 Å². The summed E-state index contributed by atoms with van der Waals surface area (Å²) in [6.45, 7) is 11.0. The maximum absolute atomic E-state index is 13.1. The van der Waals surface area contributed by atoms with E-state index in [4.69, 9.17) is 15.2 Å². The summed E-state index contributed by atoms with van der Waals surface area (Å²) in [4.78, 5) is 15.0. The Bertz CT molecular complexity index is 630. The van der Waals surface area contributed by atoms with Crippen molar-refractivity contribution < 1.29 is 14.3 Å². The Kier molecular flexibility index (Phi) is 4.92. The molecule has 0 aromatic carbocycles. The van der Waals surface area contributed by atoms with E-state index in [-0.39, 0.29) is 23.5 Å². The molecule has 1 aromatic heterocycles. The minimum Gasteiger partial charge on any atom is -0.378 e. The highest BCUT2D eigenvalue weighted by molar-refractivity contribution is 5.89. The Hall–Kier alpha value is -1.44. The van der Waals surface area contributed by atoms with Crippen LogP contribution in [0.1, 0.15) is 32.8 Å². The number of aryl methyl sites for hydroxylation is 1. The van der Waals surface area contributed by atoms with Gasteiger partial charge in [0.15, 0.2) is 0 Å². The molecule has 2 heterocycles. The minimum absolute atomic E-state index is 0.0124. The average molecular weight is 350 g/mol. The van der Waals surface area contributed by atoms with Crippen LogP contribution in [0.2, 0.25) is 0 Å². The first-order valence-corrected chi connectivity index (χ1v) is 9.08. The van der Waals surface area contributed by atoms with Gasteiger partial charge in [-0.05, 0) is 19.4 Å². The molecule has 2 N–H and O–H groups in total. The molecule has 7 nitrogen and oxygen atoms in total. The summed E-state index contributed by atoms with van der Waals surface area (Å²) in [6, 6.07) is 0. The summed E-state index contributed by atoms with van der Waals surface area (Å²) in [5.41, 5.74) is 6.43. The van der Waals surface area contributed by atoms with E-state index in [9.17, 15) is 4.79 Å². The monoisotopic (exact) mass is 350 g/mol. The van der Waals surface area contributed by atoms with Crippen molar-refractivity contribution in [3.05, 3.63) is 18.0 Å². The summed E-state index contributed by atoms with van der Waals surface area (Å²) < 4.78 is 13.4. The van der Waals surface area contributed by atoms with E-state index in [1.807, 2.05) is 49.7 Å². The molecule has 25 heavy (non-hydrogen) atoms. The van der Waals surface area contributed by atoms with E-state index in [0.717, 1.165) is 5.56 Å². The number of nitrogens with two attached hydrogens (primary N) is 1. The van der Waals surface area contributed by atoms with Crippen LogP contribution in [0.4, 0.5) is 0 Å². The lowest BCUT2D eigenvalue weighted by atomic mass is 9.54. The summed E-state index contributed by atoms with van der Waals surface area (Å²) in [6.07, 6.45) is 4.36. The first-order valence-electron chi connectivity index (χ1n) is 9.08. The molecule has 140 valence electrons. The van der Waals surface area contributed by atoms with E-state index in [0.29, 0.717) is 39.3 Å². The van der Waals surface area contributed by atoms with Crippen molar-refractivity contribution in [3.8, 4) is 0 Å². The van der Waals surface area contributed by atoms with Gasteiger partial charge in [-0.15, -0.1) is 0 Å². The molecule has 3 unspecified atom stereocenters. The molecule has 1 aliphatic carbocycles. The molecule has 7 heteroatoms.